The molecule has 1 unspecified atom stereocenters. The van der Waals surface area contributed by atoms with Crippen LogP contribution in [-0.4, -0.2) is 67.3 Å². The van der Waals surface area contributed by atoms with Gasteiger partial charge in [0.1, 0.15) is 0 Å². The van der Waals surface area contributed by atoms with Crippen molar-refractivity contribution in [2.75, 3.05) is 40.3 Å². The van der Waals surface area contributed by atoms with Crippen molar-refractivity contribution in [3.05, 3.63) is 0 Å². The molecule has 0 bridgehead atoms. The van der Waals surface area contributed by atoms with Gasteiger partial charge >= 0.3 is 12.1 Å². The Morgan fingerprint density at radius 1 is 1.37 bits per heavy atom. The van der Waals surface area contributed by atoms with Crippen LogP contribution in [0.1, 0.15) is 12.8 Å². The molecule has 1 heterocycles. The second-order valence-electron chi connectivity index (χ2n) is 5.44. The summed E-state index contributed by atoms with van der Waals surface area (Å²) in [5.74, 6) is -3.58. The molecule has 0 aromatic rings. The summed E-state index contributed by atoms with van der Waals surface area (Å²) >= 11 is 0. The Balaban J connectivity index is 2.45. The summed E-state index contributed by atoms with van der Waals surface area (Å²) in [6, 6.07) is 0. The van der Waals surface area contributed by atoms with E-state index in [2.05, 4.69) is 4.90 Å². The van der Waals surface area contributed by atoms with E-state index in [0.29, 0.717) is 19.0 Å². The van der Waals surface area contributed by atoms with Crippen LogP contribution in [-0.2, 0) is 4.79 Å². The maximum atomic E-state index is 12.6. The first-order valence-corrected chi connectivity index (χ1v) is 6.36. The van der Waals surface area contributed by atoms with Gasteiger partial charge in [0.05, 0.1) is 0 Å². The molecular weight excluding hydrogens is 261 g/mol. The molecular formula is C12H21F3N2O2. The number of aliphatic carboxylic acids is 1. The first-order chi connectivity index (χ1) is 8.70. The monoisotopic (exact) mass is 282 g/mol. The second kappa shape index (κ2) is 6.56. The van der Waals surface area contributed by atoms with E-state index in [-0.39, 0.29) is 0 Å². The smallest absolute Gasteiger partial charge is 0.403 e. The Morgan fingerprint density at radius 2 is 1.89 bits per heavy atom. The van der Waals surface area contributed by atoms with E-state index in [0.717, 1.165) is 19.4 Å². The van der Waals surface area contributed by atoms with Crippen molar-refractivity contribution >= 4 is 5.97 Å². The van der Waals surface area contributed by atoms with Crippen molar-refractivity contribution in [3.8, 4) is 0 Å². The van der Waals surface area contributed by atoms with Gasteiger partial charge in [-0.3, -0.25) is 4.79 Å². The highest BCUT2D eigenvalue weighted by atomic mass is 19.4. The lowest BCUT2D eigenvalue weighted by atomic mass is 9.95. The number of hydrogen-bond acceptors (Lipinski definition) is 3. The van der Waals surface area contributed by atoms with Gasteiger partial charge in [-0.2, -0.15) is 13.2 Å². The van der Waals surface area contributed by atoms with Crippen molar-refractivity contribution in [1.29, 1.82) is 0 Å². The van der Waals surface area contributed by atoms with E-state index >= 15 is 0 Å². The fraction of sp³-hybridized carbons (Fsp3) is 0.917. The first-order valence-electron chi connectivity index (χ1n) is 6.36. The SMILES string of the molecule is CN(C)CC1CCN(CC(C(=O)O)C(F)(F)F)CC1. The molecule has 0 aromatic heterocycles. The number of likely N-dealkylation sites (tertiary alicyclic amines) is 1. The average molecular weight is 282 g/mol. The average Bonchev–Trinajstić information content (AvgIpc) is 2.25. The van der Waals surface area contributed by atoms with E-state index in [4.69, 9.17) is 5.11 Å². The van der Waals surface area contributed by atoms with Crippen molar-refractivity contribution < 1.29 is 23.1 Å². The van der Waals surface area contributed by atoms with Gasteiger partial charge < -0.3 is 14.9 Å². The summed E-state index contributed by atoms with van der Waals surface area (Å²) in [6.07, 6.45) is -3.03. The number of hydrogen-bond donors (Lipinski definition) is 1. The Kier molecular flexibility index (Phi) is 5.61. The fourth-order valence-electron chi connectivity index (χ4n) is 2.45. The molecule has 1 aliphatic rings. The van der Waals surface area contributed by atoms with Gasteiger partial charge in [-0.1, -0.05) is 0 Å². The van der Waals surface area contributed by atoms with Crippen molar-refractivity contribution in [2.24, 2.45) is 11.8 Å². The van der Waals surface area contributed by atoms with E-state index in [1.807, 2.05) is 14.1 Å². The number of piperidine rings is 1. The van der Waals surface area contributed by atoms with Crippen LogP contribution in [0.3, 0.4) is 0 Å². The van der Waals surface area contributed by atoms with Gasteiger partial charge in [0.2, 0.25) is 0 Å². The van der Waals surface area contributed by atoms with Crippen molar-refractivity contribution in [1.82, 2.24) is 9.80 Å². The number of nitrogens with zero attached hydrogens (tertiary/aromatic N) is 2. The number of alkyl halides is 3. The predicted molar refractivity (Wildman–Crippen MR) is 64.9 cm³/mol. The van der Waals surface area contributed by atoms with E-state index in [9.17, 15) is 18.0 Å². The Morgan fingerprint density at radius 3 is 2.26 bits per heavy atom. The van der Waals surface area contributed by atoms with Crippen molar-refractivity contribution in [3.63, 3.8) is 0 Å². The number of carboxylic acids is 1. The standard InChI is InChI=1S/C12H21F3N2O2/c1-16(2)7-9-3-5-17(6-4-9)8-10(11(18)19)12(13,14)15/h9-10H,3-8H2,1-2H3,(H,18,19). The zero-order chi connectivity index (χ0) is 14.6. The van der Waals surface area contributed by atoms with Gasteiger partial charge in [0.25, 0.3) is 0 Å². The molecule has 0 saturated carbocycles. The summed E-state index contributed by atoms with van der Waals surface area (Å²) in [7, 11) is 3.94. The molecule has 19 heavy (non-hydrogen) atoms. The topological polar surface area (TPSA) is 43.8 Å². The molecule has 1 N–H and O–H groups in total. The van der Waals surface area contributed by atoms with Crippen LogP contribution in [0.15, 0.2) is 0 Å². The van der Waals surface area contributed by atoms with Crippen LogP contribution in [0, 0.1) is 11.8 Å². The molecule has 112 valence electrons. The molecule has 1 rings (SSSR count). The number of rotatable bonds is 5. The van der Waals surface area contributed by atoms with Crippen LogP contribution in [0.4, 0.5) is 13.2 Å². The molecule has 1 aliphatic heterocycles. The van der Waals surface area contributed by atoms with E-state index in [1.165, 1.54) is 0 Å². The predicted octanol–water partition coefficient (Wildman–Crippen LogP) is 1.52. The Bertz CT molecular complexity index is 300. The van der Waals surface area contributed by atoms with Crippen LogP contribution < -0.4 is 0 Å². The maximum absolute atomic E-state index is 12.6. The van der Waals surface area contributed by atoms with Gasteiger partial charge in [-0.25, -0.2) is 0 Å². The largest absolute Gasteiger partial charge is 0.481 e. The number of carbonyl (C=O) groups is 1. The number of halogens is 3. The highest BCUT2D eigenvalue weighted by Crippen LogP contribution is 2.28. The third kappa shape index (κ3) is 5.36. The normalized spacial score (nSPS) is 20.7. The molecule has 1 saturated heterocycles. The highest BCUT2D eigenvalue weighted by molar-refractivity contribution is 5.71. The zero-order valence-corrected chi connectivity index (χ0v) is 11.3. The van der Waals surface area contributed by atoms with Crippen LogP contribution in [0.25, 0.3) is 0 Å². The van der Waals surface area contributed by atoms with E-state index in [1.54, 1.807) is 4.90 Å². The lowest BCUT2D eigenvalue weighted by molar-refractivity contribution is -0.197. The van der Waals surface area contributed by atoms with E-state index < -0.39 is 24.6 Å². The van der Waals surface area contributed by atoms with Gasteiger partial charge in [-0.15, -0.1) is 0 Å². The lowest BCUT2D eigenvalue weighted by Crippen LogP contribution is -2.45. The molecule has 7 heteroatoms. The summed E-state index contributed by atoms with van der Waals surface area (Å²) < 4.78 is 37.7. The van der Waals surface area contributed by atoms with Gasteiger partial charge in [0.15, 0.2) is 5.92 Å². The fourth-order valence-corrected chi connectivity index (χ4v) is 2.45. The van der Waals surface area contributed by atoms with Gasteiger partial charge in [-0.05, 0) is 45.9 Å². The molecule has 0 amide bonds. The number of carboxylic acid groups (broad SMARTS) is 1. The highest BCUT2D eigenvalue weighted by Gasteiger charge is 2.46. The lowest BCUT2D eigenvalue weighted by Gasteiger charge is -2.34. The molecule has 0 radical (unpaired) electrons. The third-order valence-corrected chi connectivity index (χ3v) is 3.46. The summed E-state index contributed by atoms with van der Waals surface area (Å²) in [4.78, 5) is 14.4. The minimum Gasteiger partial charge on any atom is -0.481 e. The molecule has 0 aromatic carbocycles. The minimum absolute atomic E-state index is 0.437. The third-order valence-electron chi connectivity index (χ3n) is 3.46. The molecule has 4 nitrogen and oxygen atoms in total. The summed E-state index contributed by atoms with van der Waals surface area (Å²) in [5.41, 5.74) is 0. The summed E-state index contributed by atoms with van der Waals surface area (Å²) in [6.45, 7) is 1.57. The van der Waals surface area contributed by atoms with Crippen LogP contribution in [0.5, 0.6) is 0 Å². The van der Waals surface area contributed by atoms with Crippen molar-refractivity contribution in [2.45, 2.75) is 19.0 Å². The second-order valence-corrected chi connectivity index (χ2v) is 5.44. The minimum atomic E-state index is -4.67. The quantitative estimate of drug-likeness (QED) is 0.830. The van der Waals surface area contributed by atoms with Gasteiger partial charge in [0, 0.05) is 13.1 Å². The molecule has 1 atom stereocenters. The van der Waals surface area contributed by atoms with Crippen LogP contribution in [0.2, 0.25) is 0 Å². The zero-order valence-electron chi connectivity index (χ0n) is 11.3. The van der Waals surface area contributed by atoms with Crippen LogP contribution >= 0.6 is 0 Å². The molecule has 0 spiro atoms. The molecule has 0 aliphatic carbocycles. The Labute approximate surface area is 111 Å². The first kappa shape index (κ1) is 16.2. The Hall–Kier alpha value is -0.820. The molecule has 1 fully saturated rings. The maximum Gasteiger partial charge on any atom is 0.403 e. The summed E-state index contributed by atoms with van der Waals surface area (Å²) in [5, 5.41) is 8.66.